The average Bonchev–Trinajstić information content (AvgIpc) is 1.75. The largest absolute Gasteiger partial charge is 0.493 e. The number of rotatable bonds is 30. The number of aryl methyl sites for hydroxylation is 4. The third-order valence-corrected chi connectivity index (χ3v) is 24.8. The maximum atomic E-state index is 6.18. The number of thioether (sulfide) groups is 3. The van der Waals surface area contributed by atoms with Gasteiger partial charge in [-0.2, -0.15) is 0 Å². The molecule has 3 atom stereocenters. The molecule has 0 saturated carbocycles. The molecule has 3 fully saturated rings. The summed E-state index contributed by atoms with van der Waals surface area (Å²) in [7, 11) is 5.03. The topological polar surface area (TPSA) is 311 Å². The number of nitrogen functional groups attached to an aromatic ring is 5. The van der Waals surface area contributed by atoms with Gasteiger partial charge in [-0.15, -0.1) is 34.0 Å². The van der Waals surface area contributed by atoms with Gasteiger partial charge in [-0.1, -0.05) is 75.3 Å². The second-order valence-corrected chi connectivity index (χ2v) is 33.1. The molecule has 29 heteroatoms. The lowest BCUT2D eigenvalue weighted by Gasteiger charge is -2.26. The van der Waals surface area contributed by atoms with Crippen LogP contribution in [0.25, 0.3) is 31.7 Å². The molecule has 3 aliphatic rings. The number of hydrogen-bond donors (Lipinski definition) is 5. The van der Waals surface area contributed by atoms with Gasteiger partial charge in [0.1, 0.15) is 63.9 Å². The number of piperidine rings is 3. The summed E-state index contributed by atoms with van der Waals surface area (Å²) in [5.74, 6) is 6.46. The van der Waals surface area contributed by atoms with Gasteiger partial charge in [-0.05, 0) is 179 Å². The van der Waals surface area contributed by atoms with Crippen molar-refractivity contribution in [3.63, 3.8) is 0 Å². The molecule has 105 heavy (non-hydrogen) atoms. The van der Waals surface area contributed by atoms with Gasteiger partial charge >= 0.3 is 0 Å². The number of anilines is 5. The fourth-order valence-electron chi connectivity index (χ4n) is 12.6. The Hall–Kier alpha value is -7.48. The average molecular weight is 1540 g/mol. The van der Waals surface area contributed by atoms with Gasteiger partial charge in [0.2, 0.25) is 0 Å². The molecular formula is C76H103N17O6S6. The van der Waals surface area contributed by atoms with E-state index in [1.54, 1.807) is 85.3 Å². The Balaban J connectivity index is 0.000000169. The third-order valence-electron chi connectivity index (χ3n) is 18.1. The van der Waals surface area contributed by atoms with Crippen molar-refractivity contribution in [3.8, 4) is 66.2 Å². The lowest BCUT2D eigenvalue weighted by atomic mass is 10.1. The highest BCUT2D eigenvalue weighted by atomic mass is 32.2. The number of thiazole rings is 3. The summed E-state index contributed by atoms with van der Waals surface area (Å²) in [5, 5.41) is 4.90. The van der Waals surface area contributed by atoms with Crippen molar-refractivity contribution >= 4 is 98.4 Å². The van der Waals surface area contributed by atoms with Gasteiger partial charge in [0.25, 0.3) is 0 Å². The fraction of sp³-hybridized carbons (Fsp3) is 0.487. The lowest BCUT2D eigenvalue weighted by molar-refractivity contribution is 0.180. The van der Waals surface area contributed by atoms with Gasteiger partial charge in [0.15, 0.2) is 50.0 Å². The predicted molar refractivity (Wildman–Crippen MR) is 434 cm³/mol. The van der Waals surface area contributed by atoms with Crippen LogP contribution >= 0.6 is 69.3 Å². The molecule has 0 unspecified atom stereocenters. The van der Waals surface area contributed by atoms with E-state index in [1.807, 2.05) is 49.4 Å². The quantitative estimate of drug-likeness (QED) is 0.0206. The number of likely N-dealkylation sites (tertiary alicyclic amines) is 3. The van der Waals surface area contributed by atoms with E-state index in [9.17, 15) is 0 Å². The molecular weight excluding hydrogens is 1440 g/mol. The van der Waals surface area contributed by atoms with Crippen molar-refractivity contribution in [2.24, 2.45) is 0 Å². The van der Waals surface area contributed by atoms with E-state index in [-0.39, 0.29) is 15.7 Å². The minimum atomic E-state index is 0.0506. The standard InChI is InChI=1S/C26H35N5O2S2.2C25H34N6O2S2/c1-5-22-24(18(3)34-26-28-17(2)15-23(27)29-26)30-25(35-22)19-9-10-20(32-4)21(16-19)33-14-13-31-11-7-6-8-12-31;2*1-4-20-23(16(2)34-25-28-21(26)15-22(27)29-25)30-24(35-20)17-8-9-18(32-3)19(14-17)33-13-12-31-10-6-5-7-11-31/h9-10,15-16,18H,5-8,11-14H2,1-4H3,(H2,27,28,29);2*8-9,14-16H,4-7,10-13H2,1-3H3,(H4,26,27,28,29)/t18-;2*16-/m111/s1. The monoisotopic (exact) mass is 1540 g/mol. The number of ether oxygens (including phenoxy) is 6. The Morgan fingerprint density at radius 2 is 0.648 bits per heavy atom. The Labute approximate surface area is 643 Å². The molecule has 3 aliphatic heterocycles. The van der Waals surface area contributed by atoms with Crippen molar-refractivity contribution in [2.75, 3.05) is 129 Å². The Bertz CT molecular complexity index is 3760. The zero-order chi connectivity index (χ0) is 74.4. The van der Waals surface area contributed by atoms with Crippen LogP contribution in [0.2, 0.25) is 0 Å². The molecule has 0 radical (unpaired) electrons. The van der Waals surface area contributed by atoms with Crippen LogP contribution in [0.15, 0.2) is 88.3 Å². The number of benzene rings is 3. The molecule has 0 spiro atoms. The minimum absolute atomic E-state index is 0.0506. The maximum absolute atomic E-state index is 6.18. The normalized spacial score (nSPS) is 15.2. The van der Waals surface area contributed by atoms with E-state index < -0.39 is 0 Å². The SMILES string of the molecule is CCc1sc(-c2ccc(OC)c(OCCN3CCCCC3)c2)nc1[C@@H](C)Sc1nc(C)cc(N)n1.CCc1sc(-c2ccc(OC)c(OCCN3CCCCC3)c2)nc1[C@@H](C)Sc1nc(N)cc(N)n1.CCc1sc(-c2ccc(OC)c(OCCN3CCCCC3)c2)nc1[C@@H](C)Sc1nc(N)cc(N)n1. The van der Waals surface area contributed by atoms with Crippen LogP contribution in [0.5, 0.6) is 34.5 Å². The molecule has 0 amide bonds. The lowest BCUT2D eigenvalue weighted by Crippen LogP contribution is -2.33. The van der Waals surface area contributed by atoms with Gasteiger partial charge < -0.3 is 57.1 Å². The first kappa shape index (κ1) is 80.1. The smallest absolute Gasteiger partial charge is 0.192 e. The Morgan fingerprint density at radius 3 is 0.914 bits per heavy atom. The number of nitrogens with zero attached hydrogens (tertiary/aromatic N) is 12. The highest BCUT2D eigenvalue weighted by Gasteiger charge is 2.26. The Kier molecular flexibility index (Phi) is 30.4. The number of hydrogen-bond acceptors (Lipinski definition) is 29. The summed E-state index contributed by atoms with van der Waals surface area (Å²) >= 11 is 9.75. The number of aromatic nitrogens is 9. The number of nitrogens with two attached hydrogens (primary N) is 5. The van der Waals surface area contributed by atoms with Crippen molar-refractivity contribution in [3.05, 3.63) is 110 Å². The highest BCUT2D eigenvalue weighted by molar-refractivity contribution is 7.99. The minimum Gasteiger partial charge on any atom is -0.493 e. The zero-order valence-corrected chi connectivity index (χ0v) is 67.2. The molecule has 564 valence electrons. The van der Waals surface area contributed by atoms with Crippen LogP contribution < -0.4 is 57.1 Å². The van der Waals surface area contributed by atoms with Crippen molar-refractivity contribution in [1.29, 1.82) is 0 Å². The van der Waals surface area contributed by atoms with Crippen LogP contribution in [0.4, 0.5) is 29.1 Å². The molecule has 0 aliphatic carbocycles. The summed E-state index contributed by atoms with van der Waals surface area (Å²) in [6.45, 7) is 26.4. The summed E-state index contributed by atoms with van der Waals surface area (Å²) in [6.07, 6.45) is 14.4. The van der Waals surface area contributed by atoms with Crippen molar-refractivity contribution < 1.29 is 28.4 Å². The molecule has 3 saturated heterocycles. The van der Waals surface area contributed by atoms with Gasteiger partial charge in [-0.3, -0.25) is 14.7 Å². The van der Waals surface area contributed by atoms with Gasteiger partial charge in [0.05, 0.1) is 54.2 Å². The molecule has 9 aromatic rings. The zero-order valence-electron chi connectivity index (χ0n) is 62.3. The van der Waals surface area contributed by atoms with Crippen LogP contribution in [0.3, 0.4) is 0 Å². The summed E-state index contributed by atoms with van der Waals surface area (Å²) < 4.78 is 35.2. The number of methoxy groups -OCH3 is 3. The highest BCUT2D eigenvalue weighted by Crippen LogP contribution is 2.45. The molecule has 3 aromatic carbocycles. The maximum Gasteiger partial charge on any atom is 0.192 e. The van der Waals surface area contributed by atoms with E-state index in [2.05, 4.69) is 98.3 Å². The van der Waals surface area contributed by atoms with Crippen LogP contribution in [-0.2, 0) is 19.3 Å². The molecule has 6 aromatic heterocycles. The van der Waals surface area contributed by atoms with Gasteiger partial charge in [0, 0.05) is 74.8 Å². The molecule has 0 bridgehead atoms. The van der Waals surface area contributed by atoms with Gasteiger partial charge in [-0.25, -0.2) is 44.9 Å². The first-order valence-electron chi connectivity index (χ1n) is 36.4. The summed E-state index contributed by atoms with van der Waals surface area (Å²) in [5.41, 5.74) is 36.4. The molecule has 12 rings (SSSR count). The molecule has 9 heterocycles. The van der Waals surface area contributed by atoms with E-state index >= 15 is 0 Å². The van der Waals surface area contributed by atoms with Crippen molar-refractivity contribution in [1.82, 2.24) is 59.6 Å². The van der Waals surface area contributed by atoms with E-state index in [0.717, 1.165) is 154 Å². The summed E-state index contributed by atoms with van der Waals surface area (Å²) in [4.78, 5) is 52.4. The third kappa shape index (κ3) is 23.0. The van der Waals surface area contributed by atoms with Crippen LogP contribution in [0.1, 0.15) is 152 Å². The second-order valence-electron chi connectivity index (χ2n) is 25.9. The van der Waals surface area contributed by atoms with E-state index in [1.165, 1.54) is 109 Å². The van der Waals surface area contributed by atoms with E-state index in [0.29, 0.717) is 64.4 Å². The second kappa shape index (κ2) is 39.9. The molecule has 23 nitrogen and oxygen atoms in total. The fourth-order valence-corrected chi connectivity index (χ4v) is 19.0. The molecule has 10 N–H and O–H groups in total. The Morgan fingerprint density at radius 1 is 0.371 bits per heavy atom. The first-order valence-corrected chi connectivity index (χ1v) is 41.5. The predicted octanol–water partition coefficient (Wildman–Crippen LogP) is 15.9. The summed E-state index contributed by atoms with van der Waals surface area (Å²) in [6, 6.07) is 23.1. The van der Waals surface area contributed by atoms with Crippen LogP contribution in [-0.4, -0.2) is 160 Å². The van der Waals surface area contributed by atoms with Crippen LogP contribution in [0, 0.1) is 6.92 Å². The van der Waals surface area contributed by atoms with Crippen molar-refractivity contribution in [2.45, 2.75) is 157 Å². The van der Waals surface area contributed by atoms with E-state index in [4.69, 9.17) is 72.0 Å². The first-order chi connectivity index (χ1) is 50.9.